The quantitative estimate of drug-likeness (QED) is 0.845. The second kappa shape index (κ2) is 8.11. The Hall–Kier alpha value is -1.14. The Morgan fingerprint density at radius 2 is 2.09 bits per heavy atom. The van der Waals surface area contributed by atoms with Crippen LogP contribution >= 0.6 is 11.3 Å². The number of thiophene rings is 1. The van der Waals surface area contributed by atoms with E-state index in [1.165, 1.54) is 19.3 Å². The maximum Gasteiger partial charge on any atom is 0.129 e. The van der Waals surface area contributed by atoms with E-state index in [1.807, 2.05) is 29.6 Å². The maximum atomic E-state index is 10.5. The molecule has 0 unspecified atom stereocenters. The zero-order valence-electron chi connectivity index (χ0n) is 13.4. The summed E-state index contributed by atoms with van der Waals surface area (Å²) in [6.07, 6.45) is 5.18. The van der Waals surface area contributed by atoms with E-state index in [0.717, 1.165) is 36.6 Å². The molecule has 1 saturated heterocycles. The van der Waals surface area contributed by atoms with Gasteiger partial charge < -0.3 is 14.6 Å². The summed E-state index contributed by atoms with van der Waals surface area (Å²) in [6, 6.07) is 8.16. The molecule has 0 amide bonds. The van der Waals surface area contributed by atoms with Gasteiger partial charge in [0.2, 0.25) is 0 Å². The topological polar surface area (TPSA) is 56.8 Å². The minimum absolute atomic E-state index is 0.0550. The number of aliphatic hydroxyl groups excluding tert-OH is 2. The Kier molecular flexibility index (Phi) is 5.89. The van der Waals surface area contributed by atoms with E-state index < -0.39 is 0 Å². The molecule has 1 aliphatic heterocycles. The lowest BCUT2D eigenvalue weighted by atomic mass is 10.0. The minimum atomic E-state index is -0.384. The van der Waals surface area contributed by atoms with Gasteiger partial charge in [-0.15, -0.1) is 11.3 Å². The van der Waals surface area contributed by atoms with E-state index in [4.69, 9.17) is 9.52 Å². The van der Waals surface area contributed by atoms with Gasteiger partial charge in [0.1, 0.15) is 18.1 Å². The monoisotopic (exact) mass is 335 g/mol. The third-order valence-electron chi connectivity index (χ3n) is 4.60. The van der Waals surface area contributed by atoms with Crippen molar-refractivity contribution < 1.29 is 14.6 Å². The number of furan rings is 1. The molecule has 2 N–H and O–H groups in total. The highest BCUT2D eigenvalue weighted by atomic mass is 32.1. The number of rotatable bonds is 6. The summed E-state index contributed by atoms with van der Waals surface area (Å²) in [4.78, 5) is 3.49. The second-order valence-corrected chi connectivity index (χ2v) is 7.25. The summed E-state index contributed by atoms with van der Waals surface area (Å²) < 4.78 is 5.65. The zero-order valence-corrected chi connectivity index (χ0v) is 14.2. The average molecular weight is 335 g/mol. The third-order valence-corrected chi connectivity index (χ3v) is 5.57. The van der Waals surface area contributed by atoms with E-state index in [1.54, 1.807) is 11.3 Å². The molecule has 3 rings (SSSR count). The van der Waals surface area contributed by atoms with Crippen LogP contribution in [0.3, 0.4) is 0 Å². The predicted octanol–water partition coefficient (Wildman–Crippen LogP) is 3.70. The molecule has 2 aromatic rings. The van der Waals surface area contributed by atoms with Crippen molar-refractivity contribution in [2.24, 2.45) is 0 Å². The van der Waals surface area contributed by atoms with Gasteiger partial charge in [-0.2, -0.15) is 0 Å². The van der Waals surface area contributed by atoms with Gasteiger partial charge in [0.25, 0.3) is 0 Å². The van der Waals surface area contributed by atoms with Gasteiger partial charge in [0.15, 0.2) is 0 Å². The normalized spacial score (nSPS) is 21.2. The molecule has 126 valence electrons. The van der Waals surface area contributed by atoms with Crippen molar-refractivity contribution in [1.82, 2.24) is 4.90 Å². The van der Waals surface area contributed by atoms with Crippen LogP contribution in [-0.2, 0) is 13.2 Å². The predicted molar refractivity (Wildman–Crippen MR) is 91.2 cm³/mol. The van der Waals surface area contributed by atoms with Gasteiger partial charge >= 0.3 is 0 Å². The number of hydrogen-bond donors (Lipinski definition) is 2. The molecule has 0 radical (unpaired) electrons. The molecular formula is C18H25NO3S. The van der Waals surface area contributed by atoms with Crippen LogP contribution in [0, 0.1) is 0 Å². The molecule has 4 nitrogen and oxygen atoms in total. The van der Waals surface area contributed by atoms with E-state index in [2.05, 4.69) is 4.90 Å². The Balaban J connectivity index is 1.66. The summed E-state index contributed by atoms with van der Waals surface area (Å²) in [5.41, 5.74) is 0. The molecule has 0 saturated carbocycles. The Morgan fingerprint density at radius 3 is 2.83 bits per heavy atom. The molecule has 3 heterocycles. The first-order chi connectivity index (χ1) is 11.3. The summed E-state index contributed by atoms with van der Waals surface area (Å²) in [6.45, 7) is 1.74. The van der Waals surface area contributed by atoms with Crippen molar-refractivity contribution in [2.45, 2.75) is 57.4 Å². The molecule has 1 fully saturated rings. The highest BCUT2D eigenvalue weighted by molar-refractivity contribution is 7.10. The molecule has 1 aliphatic rings. The van der Waals surface area contributed by atoms with Gasteiger partial charge in [-0.1, -0.05) is 18.9 Å². The molecule has 0 aromatic carbocycles. The number of likely N-dealkylation sites (tertiary alicyclic amines) is 1. The van der Waals surface area contributed by atoms with E-state index in [0.29, 0.717) is 11.8 Å². The highest BCUT2D eigenvalue weighted by Crippen LogP contribution is 2.29. The van der Waals surface area contributed by atoms with Crippen molar-refractivity contribution in [3.63, 3.8) is 0 Å². The van der Waals surface area contributed by atoms with Gasteiger partial charge in [-0.25, -0.2) is 0 Å². The van der Waals surface area contributed by atoms with Crippen LogP contribution in [0.4, 0.5) is 0 Å². The van der Waals surface area contributed by atoms with Crippen molar-refractivity contribution in [3.8, 4) is 0 Å². The summed E-state index contributed by atoms with van der Waals surface area (Å²) in [5, 5.41) is 21.7. The zero-order chi connectivity index (χ0) is 16.1. The lowest BCUT2D eigenvalue weighted by Gasteiger charge is -2.30. The van der Waals surface area contributed by atoms with Crippen LogP contribution < -0.4 is 0 Å². The van der Waals surface area contributed by atoms with Crippen molar-refractivity contribution >= 4 is 11.3 Å². The van der Waals surface area contributed by atoms with E-state index >= 15 is 0 Å². The fourth-order valence-corrected chi connectivity index (χ4v) is 4.08. The van der Waals surface area contributed by atoms with Crippen LogP contribution in [0.5, 0.6) is 0 Å². The molecule has 5 heteroatoms. The van der Waals surface area contributed by atoms with Gasteiger partial charge in [0, 0.05) is 10.9 Å². The van der Waals surface area contributed by atoms with Crippen LogP contribution in [0.15, 0.2) is 34.1 Å². The standard InChI is InChI=1S/C18H25NO3S/c20-13-16-8-7-15(22-16)12-19-9-3-1-2-5-14(19)11-17(21)18-6-4-10-23-18/h4,6-8,10,14,17,20-21H,1-3,5,9,11-13H2/t14-,17+/m0/s1. The van der Waals surface area contributed by atoms with Crippen molar-refractivity contribution in [2.75, 3.05) is 6.54 Å². The molecule has 2 atom stereocenters. The fraction of sp³-hybridized carbons (Fsp3) is 0.556. The van der Waals surface area contributed by atoms with Gasteiger partial charge in [0.05, 0.1) is 12.6 Å². The van der Waals surface area contributed by atoms with Crippen molar-refractivity contribution in [3.05, 3.63) is 46.0 Å². The first-order valence-corrected chi connectivity index (χ1v) is 9.28. The van der Waals surface area contributed by atoms with Crippen LogP contribution in [0.25, 0.3) is 0 Å². The fourth-order valence-electron chi connectivity index (χ4n) is 3.36. The minimum Gasteiger partial charge on any atom is -0.462 e. The molecule has 2 aromatic heterocycles. The van der Waals surface area contributed by atoms with E-state index in [-0.39, 0.29) is 12.7 Å². The van der Waals surface area contributed by atoms with Gasteiger partial charge in [-0.3, -0.25) is 4.90 Å². The van der Waals surface area contributed by atoms with Gasteiger partial charge in [-0.05, 0) is 49.4 Å². The summed E-state index contributed by atoms with van der Waals surface area (Å²) in [7, 11) is 0. The number of aliphatic hydroxyl groups is 2. The first-order valence-electron chi connectivity index (χ1n) is 8.40. The SMILES string of the molecule is OCc1ccc(CN2CCCCC[C@H]2C[C@@H](O)c2cccs2)o1. The average Bonchev–Trinajstić information content (AvgIpc) is 3.19. The van der Waals surface area contributed by atoms with Crippen LogP contribution in [-0.4, -0.2) is 27.7 Å². The van der Waals surface area contributed by atoms with Crippen molar-refractivity contribution in [1.29, 1.82) is 0 Å². The van der Waals surface area contributed by atoms with Crippen LogP contribution in [0.1, 0.15) is 54.6 Å². The van der Waals surface area contributed by atoms with E-state index in [9.17, 15) is 5.11 Å². The first kappa shape index (κ1) is 16.7. The molecule has 0 spiro atoms. The lowest BCUT2D eigenvalue weighted by molar-refractivity contribution is 0.0945. The molecule has 23 heavy (non-hydrogen) atoms. The maximum absolute atomic E-state index is 10.5. The Bertz CT molecular complexity index is 581. The molecule has 0 bridgehead atoms. The number of nitrogens with zero attached hydrogens (tertiary/aromatic N) is 1. The number of hydrogen-bond acceptors (Lipinski definition) is 5. The van der Waals surface area contributed by atoms with Crippen LogP contribution in [0.2, 0.25) is 0 Å². The summed E-state index contributed by atoms with van der Waals surface area (Å²) in [5.74, 6) is 1.51. The smallest absolute Gasteiger partial charge is 0.129 e. The Morgan fingerprint density at radius 1 is 1.22 bits per heavy atom. The highest BCUT2D eigenvalue weighted by Gasteiger charge is 2.25. The summed E-state index contributed by atoms with van der Waals surface area (Å²) >= 11 is 1.62. The Labute approximate surface area is 141 Å². The molecular weight excluding hydrogens is 310 g/mol. The third kappa shape index (κ3) is 4.44. The second-order valence-electron chi connectivity index (χ2n) is 6.27. The molecule has 0 aliphatic carbocycles. The lowest BCUT2D eigenvalue weighted by Crippen LogP contribution is -2.35. The largest absolute Gasteiger partial charge is 0.462 e.